The molecule has 1 aliphatic heterocycles. The van der Waals surface area contributed by atoms with Gasteiger partial charge in [0.2, 0.25) is 0 Å². The van der Waals surface area contributed by atoms with Crippen LogP contribution in [0.15, 0.2) is 22.1 Å². The van der Waals surface area contributed by atoms with Crippen LogP contribution in [0.1, 0.15) is 65.6 Å². The second-order valence-corrected chi connectivity index (χ2v) is 9.23. The molecule has 0 saturated carbocycles. The third-order valence-corrected chi connectivity index (χ3v) is 7.10. The molecule has 7 nitrogen and oxygen atoms in total. The van der Waals surface area contributed by atoms with Crippen molar-refractivity contribution in [1.29, 1.82) is 5.26 Å². The van der Waals surface area contributed by atoms with E-state index in [1.807, 2.05) is 19.1 Å². The lowest BCUT2D eigenvalue weighted by atomic mass is 9.95. The Morgan fingerprint density at radius 1 is 1.19 bits per heavy atom. The van der Waals surface area contributed by atoms with Crippen LogP contribution < -0.4 is 15.5 Å². The van der Waals surface area contributed by atoms with E-state index in [-0.39, 0.29) is 11.5 Å². The zero-order valence-corrected chi connectivity index (χ0v) is 19.1. The molecule has 4 rings (SSSR count). The predicted octanol–water partition coefficient (Wildman–Crippen LogP) is 4.51. The molecule has 0 radical (unpaired) electrons. The van der Waals surface area contributed by atoms with Crippen molar-refractivity contribution >= 4 is 40.1 Å². The minimum atomic E-state index is -0.535. The minimum absolute atomic E-state index is 0.0576. The molecule has 2 aliphatic rings. The highest BCUT2D eigenvalue weighted by atomic mass is 32.1. The maximum absolute atomic E-state index is 12.9. The van der Waals surface area contributed by atoms with E-state index >= 15 is 0 Å². The normalized spacial score (nSPS) is 16.2. The summed E-state index contributed by atoms with van der Waals surface area (Å²) in [6, 6.07) is 5.63. The Balaban J connectivity index is 1.55. The third-order valence-electron chi connectivity index (χ3n) is 5.89. The fraction of sp³-hybridized carbons (Fsp3) is 0.458. The minimum Gasteiger partial charge on any atom is -0.441 e. The zero-order valence-electron chi connectivity index (χ0n) is 18.3. The topological polar surface area (TPSA) is 98.4 Å². The first kappa shape index (κ1) is 22.2. The first-order chi connectivity index (χ1) is 15.6. The Morgan fingerprint density at radius 2 is 1.97 bits per heavy atom. The van der Waals surface area contributed by atoms with Gasteiger partial charge in [-0.1, -0.05) is 0 Å². The molecule has 1 fully saturated rings. The number of anilines is 2. The van der Waals surface area contributed by atoms with E-state index in [9.17, 15) is 14.9 Å². The van der Waals surface area contributed by atoms with Crippen molar-refractivity contribution < 1.29 is 14.0 Å². The predicted molar refractivity (Wildman–Crippen MR) is 126 cm³/mol. The van der Waals surface area contributed by atoms with E-state index in [1.54, 1.807) is 6.07 Å². The fourth-order valence-electron chi connectivity index (χ4n) is 4.31. The maximum atomic E-state index is 12.9. The summed E-state index contributed by atoms with van der Waals surface area (Å²) in [5.41, 5.74) is 1.52. The van der Waals surface area contributed by atoms with E-state index in [4.69, 9.17) is 4.42 Å². The van der Waals surface area contributed by atoms with Gasteiger partial charge in [-0.2, -0.15) is 5.26 Å². The summed E-state index contributed by atoms with van der Waals surface area (Å²) in [4.78, 5) is 29.0. The Morgan fingerprint density at radius 3 is 2.72 bits per heavy atom. The molecule has 2 N–H and O–H groups in total. The molecule has 0 bridgehead atoms. The third kappa shape index (κ3) is 4.73. The first-order valence-electron chi connectivity index (χ1n) is 11.3. The average Bonchev–Trinajstić information content (AvgIpc) is 3.42. The Bertz CT molecular complexity index is 1070. The molecule has 0 unspecified atom stereocenters. The molecular formula is C24H28N4O3S. The highest BCUT2D eigenvalue weighted by molar-refractivity contribution is 7.17. The van der Waals surface area contributed by atoms with Crippen LogP contribution in [0.2, 0.25) is 0 Å². The summed E-state index contributed by atoms with van der Waals surface area (Å²) in [7, 11) is 0. The lowest BCUT2D eigenvalue weighted by molar-refractivity contribution is -0.112. The smallest absolute Gasteiger partial charge is 0.267 e. The van der Waals surface area contributed by atoms with Gasteiger partial charge in [0.1, 0.15) is 22.4 Å². The van der Waals surface area contributed by atoms with E-state index < -0.39 is 5.91 Å². The van der Waals surface area contributed by atoms with Gasteiger partial charge in [0.15, 0.2) is 5.88 Å². The Labute approximate surface area is 192 Å². The van der Waals surface area contributed by atoms with Crippen LogP contribution in [0.5, 0.6) is 0 Å². The fourth-order valence-corrected chi connectivity index (χ4v) is 5.59. The number of hydrogen-bond donors (Lipinski definition) is 2. The number of carbonyl (C=O) groups excluding carboxylic acids is 2. The molecule has 0 atom stereocenters. The molecule has 2 aromatic heterocycles. The quantitative estimate of drug-likeness (QED) is 0.496. The Kier molecular flexibility index (Phi) is 6.96. The van der Waals surface area contributed by atoms with Gasteiger partial charge in [0, 0.05) is 36.7 Å². The summed E-state index contributed by atoms with van der Waals surface area (Å²) in [6.07, 6.45) is 8.82. The number of nitrogens with one attached hydrogen (secondary N) is 2. The standard InChI is InChI=1S/C24H28N4O3S/c1-2-26-23(30)21-18-8-4-5-9-19(18)32-24(21)27-22(29)16(15-25)14-17-10-11-20(31-17)28-12-6-3-7-13-28/h10-11,14H,2-9,12-13H2,1H3,(H,26,30)(H,27,29)/b16-14-. The molecule has 8 heteroatoms. The van der Waals surface area contributed by atoms with E-state index in [2.05, 4.69) is 15.5 Å². The largest absolute Gasteiger partial charge is 0.441 e. The number of fused-ring (bicyclic) bond motifs is 1. The molecule has 3 heterocycles. The number of nitrogens with zero attached hydrogens (tertiary/aromatic N) is 2. The van der Waals surface area contributed by atoms with Gasteiger partial charge in [0.05, 0.1) is 5.56 Å². The number of thiophene rings is 1. The molecule has 1 aliphatic carbocycles. The average molecular weight is 453 g/mol. The van der Waals surface area contributed by atoms with Crippen LogP contribution in [-0.2, 0) is 17.6 Å². The van der Waals surface area contributed by atoms with E-state index in [0.717, 1.165) is 67.9 Å². The monoisotopic (exact) mass is 452 g/mol. The zero-order chi connectivity index (χ0) is 22.5. The van der Waals surface area contributed by atoms with Crippen LogP contribution in [0, 0.1) is 11.3 Å². The second-order valence-electron chi connectivity index (χ2n) is 8.12. The highest BCUT2D eigenvalue weighted by Gasteiger charge is 2.27. The van der Waals surface area contributed by atoms with Crippen LogP contribution in [0.3, 0.4) is 0 Å². The number of piperidine rings is 1. The summed E-state index contributed by atoms with van der Waals surface area (Å²) >= 11 is 1.44. The van der Waals surface area contributed by atoms with Gasteiger partial charge in [-0.3, -0.25) is 9.59 Å². The van der Waals surface area contributed by atoms with Crippen LogP contribution in [0.25, 0.3) is 6.08 Å². The van der Waals surface area contributed by atoms with Crippen LogP contribution in [-0.4, -0.2) is 31.4 Å². The number of nitriles is 1. The number of carbonyl (C=O) groups is 2. The van der Waals surface area contributed by atoms with E-state index in [0.29, 0.717) is 22.9 Å². The van der Waals surface area contributed by atoms with Gasteiger partial charge in [-0.15, -0.1) is 11.3 Å². The first-order valence-corrected chi connectivity index (χ1v) is 12.1. The molecule has 2 amide bonds. The summed E-state index contributed by atoms with van der Waals surface area (Å²) < 4.78 is 5.87. The molecular weight excluding hydrogens is 424 g/mol. The van der Waals surface area contributed by atoms with Gasteiger partial charge < -0.3 is 20.0 Å². The van der Waals surface area contributed by atoms with Gasteiger partial charge >= 0.3 is 0 Å². The maximum Gasteiger partial charge on any atom is 0.267 e. The van der Waals surface area contributed by atoms with Crippen molar-refractivity contribution in [3.8, 4) is 6.07 Å². The van der Waals surface area contributed by atoms with Gasteiger partial charge in [-0.25, -0.2) is 0 Å². The number of aryl methyl sites for hydroxylation is 1. The Hall–Kier alpha value is -3.05. The highest BCUT2D eigenvalue weighted by Crippen LogP contribution is 2.38. The second kappa shape index (κ2) is 10.0. The van der Waals surface area contributed by atoms with Crippen molar-refractivity contribution in [2.24, 2.45) is 0 Å². The molecule has 1 saturated heterocycles. The van der Waals surface area contributed by atoms with Gasteiger partial charge in [-0.05, 0) is 63.5 Å². The molecule has 0 aromatic carbocycles. The van der Waals surface area contributed by atoms with Crippen molar-refractivity contribution in [2.75, 3.05) is 29.9 Å². The number of hydrogen-bond acceptors (Lipinski definition) is 6. The number of furan rings is 1. The summed E-state index contributed by atoms with van der Waals surface area (Å²) in [5, 5.41) is 15.8. The van der Waals surface area contributed by atoms with Crippen molar-refractivity contribution in [1.82, 2.24) is 5.32 Å². The SMILES string of the molecule is CCNC(=O)c1c(NC(=O)/C(C#N)=C\c2ccc(N3CCCCC3)o2)sc2c1CCCC2. The van der Waals surface area contributed by atoms with E-state index in [1.165, 1.54) is 23.8 Å². The van der Waals surface area contributed by atoms with Crippen LogP contribution in [0.4, 0.5) is 10.9 Å². The summed E-state index contributed by atoms with van der Waals surface area (Å²) in [6.45, 7) is 4.28. The number of amides is 2. The number of rotatable bonds is 6. The molecule has 0 spiro atoms. The van der Waals surface area contributed by atoms with Crippen molar-refractivity contribution in [3.63, 3.8) is 0 Å². The molecule has 2 aromatic rings. The van der Waals surface area contributed by atoms with Crippen molar-refractivity contribution in [2.45, 2.75) is 51.9 Å². The van der Waals surface area contributed by atoms with Crippen LogP contribution >= 0.6 is 11.3 Å². The van der Waals surface area contributed by atoms with Crippen molar-refractivity contribution in [3.05, 3.63) is 39.5 Å². The lowest BCUT2D eigenvalue weighted by Gasteiger charge is -2.25. The summed E-state index contributed by atoms with van der Waals surface area (Å²) in [5.74, 6) is 0.513. The van der Waals surface area contributed by atoms with Gasteiger partial charge in [0.25, 0.3) is 11.8 Å². The lowest BCUT2D eigenvalue weighted by Crippen LogP contribution is -2.28. The molecule has 168 valence electrons. The molecule has 32 heavy (non-hydrogen) atoms.